The van der Waals surface area contributed by atoms with Gasteiger partial charge in [0.2, 0.25) is 5.91 Å². The van der Waals surface area contributed by atoms with Crippen LogP contribution in [0.4, 0.5) is 11.4 Å². The quantitative estimate of drug-likeness (QED) is 0.797. The Morgan fingerprint density at radius 3 is 2.63 bits per heavy atom. The van der Waals surface area contributed by atoms with E-state index in [1.54, 1.807) is 48.5 Å². The Balaban J connectivity index is 1.65. The summed E-state index contributed by atoms with van der Waals surface area (Å²) < 4.78 is 5.18. The number of para-hydroxylation sites is 2. The SMILES string of the molecule is COc1ccccc1NC(=O)CN1CCN(c2cccc(Cl)c2)C(=O)C1=O. The van der Waals surface area contributed by atoms with Gasteiger partial charge >= 0.3 is 11.8 Å². The van der Waals surface area contributed by atoms with E-state index < -0.39 is 17.7 Å². The van der Waals surface area contributed by atoms with Gasteiger partial charge in [-0.05, 0) is 30.3 Å². The largest absolute Gasteiger partial charge is 0.495 e. The number of ether oxygens (including phenoxy) is 1. The first-order chi connectivity index (χ1) is 13.0. The lowest BCUT2D eigenvalue weighted by Crippen LogP contribution is -2.56. The molecule has 0 bridgehead atoms. The molecule has 140 valence electrons. The van der Waals surface area contributed by atoms with Crippen molar-refractivity contribution in [2.24, 2.45) is 0 Å². The van der Waals surface area contributed by atoms with Gasteiger partial charge in [0.05, 0.1) is 12.8 Å². The zero-order valence-electron chi connectivity index (χ0n) is 14.6. The minimum Gasteiger partial charge on any atom is -0.495 e. The van der Waals surface area contributed by atoms with Gasteiger partial charge in [0.15, 0.2) is 0 Å². The molecule has 27 heavy (non-hydrogen) atoms. The molecule has 3 amide bonds. The molecule has 0 spiro atoms. The average molecular weight is 388 g/mol. The van der Waals surface area contributed by atoms with E-state index >= 15 is 0 Å². The molecule has 0 aliphatic carbocycles. The van der Waals surface area contributed by atoms with Crippen molar-refractivity contribution in [1.82, 2.24) is 4.90 Å². The second-order valence-electron chi connectivity index (χ2n) is 5.91. The van der Waals surface area contributed by atoms with Gasteiger partial charge in [-0.3, -0.25) is 14.4 Å². The number of hydrogen-bond donors (Lipinski definition) is 1. The minimum atomic E-state index is -0.726. The predicted octanol–water partition coefficient (Wildman–Crippen LogP) is 2.16. The van der Waals surface area contributed by atoms with E-state index in [2.05, 4.69) is 5.32 Å². The van der Waals surface area contributed by atoms with Crippen molar-refractivity contribution in [3.63, 3.8) is 0 Å². The fraction of sp³-hybridized carbons (Fsp3) is 0.211. The maximum absolute atomic E-state index is 12.4. The van der Waals surface area contributed by atoms with Crippen LogP contribution in [0.2, 0.25) is 5.02 Å². The fourth-order valence-electron chi connectivity index (χ4n) is 2.83. The number of nitrogens with zero attached hydrogens (tertiary/aromatic N) is 2. The number of nitrogens with one attached hydrogen (secondary N) is 1. The Labute approximate surface area is 161 Å². The maximum atomic E-state index is 12.4. The lowest BCUT2D eigenvalue weighted by atomic mass is 10.2. The van der Waals surface area contributed by atoms with E-state index in [4.69, 9.17) is 16.3 Å². The van der Waals surface area contributed by atoms with E-state index in [0.717, 1.165) is 0 Å². The van der Waals surface area contributed by atoms with E-state index in [9.17, 15) is 14.4 Å². The van der Waals surface area contributed by atoms with E-state index in [1.807, 2.05) is 0 Å². The third-order valence-electron chi connectivity index (χ3n) is 4.14. The molecular formula is C19H18ClN3O4. The van der Waals surface area contributed by atoms with Gasteiger partial charge in [0.25, 0.3) is 0 Å². The van der Waals surface area contributed by atoms with Crippen LogP contribution in [0.5, 0.6) is 5.75 Å². The molecule has 2 aromatic rings. The summed E-state index contributed by atoms with van der Waals surface area (Å²) >= 11 is 5.95. The molecule has 7 nitrogen and oxygen atoms in total. The Bertz CT molecular complexity index is 887. The molecule has 2 aromatic carbocycles. The number of rotatable bonds is 5. The minimum absolute atomic E-state index is 0.216. The van der Waals surface area contributed by atoms with Crippen LogP contribution in [-0.4, -0.2) is 49.4 Å². The normalized spacial score (nSPS) is 14.3. The first-order valence-corrected chi connectivity index (χ1v) is 8.66. The fourth-order valence-corrected chi connectivity index (χ4v) is 3.01. The van der Waals surface area contributed by atoms with Crippen molar-refractivity contribution >= 4 is 40.7 Å². The van der Waals surface area contributed by atoms with Gasteiger partial charge in [-0.25, -0.2) is 0 Å². The summed E-state index contributed by atoms with van der Waals surface area (Å²) in [6.45, 7) is 0.315. The van der Waals surface area contributed by atoms with E-state index in [1.165, 1.54) is 16.9 Å². The van der Waals surface area contributed by atoms with Gasteiger partial charge in [0, 0.05) is 23.8 Å². The van der Waals surface area contributed by atoms with Gasteiger partial charge in [-0.1, -0.05) is 29.8 Å². The summed E-state index contributed by atoms with van der Waals surface area (Å²) in [6, 6.07) is 13.7. The molecule has 1 aliphatic heterocycles. The zero-order valence-corrected chi connectivity index (χ0v) is 15.4. The van der Waals surface area contributed by atoms with Crippen molar-refractivity contribution in [2.75, 3.05) is 37.0 Å². The summed E-state index contributed by atoms with van der Waals surface area (Å²) in [7, 11) is 1.50. The highest BCUT2D eigenvalue weighted by molar-refractivity contribution is 6.41. The average Bonchev–Trinajstić information content (AvgIpc) is 2.66. The molecule has 0 atom stereocenters. The Morgan fingerprint density at radius 1 is 1.11 bits per heavy atom. The first kappa shape index (κ1) is 18.7. The van der Waals surface area contributed by atoms with Crippen molar-refractivity contribution in [3.8, 4) is 5.75 Å². The van der Waals surface area contributed by atoms with Gasteiger partial charge < -0.3 is 19.9 Å². The predicted molar refractivity (Wildman–Crippen MR) is 102 cm³/mol. The maximum Gasteiger partial charge on any atom is 0.316 e. The highest BCUT2D eigenvalue weighted by Gasteiger charge is 2.34. The van der Waals surface area contributed by atoms with Gasteiger partial charge in [-0.2, -0.15) is 0 Å². The van der Waals surface area contributed by atoms with Gasteiger partial charge in [0.1, 0.15) is 12.3 Å². The number of carbonyl (C=O) groups excluding carboxylic acids is 3. The third-order valence-corrected chi connectivity index (χ3v) is 4.38. The van der Waals surface area contributed by atoms with Crippen LogP contribution in [0.3, 0.4) is 0 Å². The second-order valence-corrected chi connectivity index (χ2v) is 6.35. The third kappa shape index (κ3) is 4.20. The smallest absolute Gasteiger partial charge is 0.316 e. The van der Waals surface area contributed by atoms with Crippen molar-refractivity contribution in [2.45, 2.75) is 0 Å². The van der Waals surface area contributed by atoms with Gasteiger partial charge in [-0.15, -0.1) is 0 Å². The molecule has 3 rings (SSSR count). The number of carbonyl (C=O) groups is 3. The second kappa shape index (κ2) is 8.09. The molecule has 0 aromatic heterocycles. The Kier molecular flexibility index (Phi) is 5.61. The van der Waals surface area contributed by atoms with Crippen molar-refractivity contribution in [1.29, 1.82) is 0 Å². The molecule has 0 unspecified atom stereocenters. The van der Waals surface area contributed by atoms with Crippen molar-refractivity contribution in [3.05, 3.63) is 53.6 Å². The molecule has 1 heterocycles. The topological polar surface area (TPSA) is 79.0 Å². The first-order valence-electron chi connectivity index (χ1n) is 8.29. The standard InChI is InChI=1S/C19H18ClN3O4/c1-27-16-8-3-2-7-15(16)21-17(24)12-22-9-10-23(19(26)18(22)25)14-6-4-5-13(20)11-14/h2-8,11H,9-10,12H2,1H3,(H,21,24). The molecule has 0 saturated carbocycles. The summed E-state index contributed by atoms with van der Waals surface area (Å²) in [5, 5.41) is 3.17. The summed E-state index contributed by atoms with van der Waals surface area (Å²) in [5.41, 5.74) is 1.06. The van der Waals surface area contributed by atoms with E-state index in [0.29, 0.717) is 22.1 Å². The zero-order chi connectivity index (χ0) is 19.4. The van der Waals surface area contributed by atoms with Crippen LogP contribution in [0, 0.1) is 0 Å². The summed E-state index contributed by atoms with van der Waals surface area (Å²) in [5.74, 6) is -1.30. The monoisotopic (exact) mass is 387 g/mol. The molecule has 1 N–H and O–H groups in total. The number of hydrogen-bond acceptors (Lipinski definition) is 4. The molecule has 1 aliphatic rings. The van der Waals surface area contributed by atoms with Crippen LogP contribution < -0.4 is 15.0 Å². The molecule has 1 fully saturated rings. The number of halogens is 1. The van der Waals surface area contributed by atoms with Crippen LogP contribution in [0.25, 0.3) is 0 Å². The summed E-state index contributed by atoms with van der Waals surface area (Å²) in [6.07, 6.45) is 0. The highest BCUT2D eigenvalue weighted by atomic mass is 35.5. The molecule has 1 saturated heterocycles. The number of anilines is 2. The number of piperazine rings is 1. The van der Waals surface area contributed by atoms with Crippen LogP contribution in [-0.2, 0) is 14.4 Å². The lowest BCUT2D eigenvalue weighted by molar-refractivity contribution is -0.147. The number of methoxy groups -OCH3 is 1. The number of amides is 3. The Morgan fingerprint density at radius 2 is 1.89 bits per heavy atom. The van der Waals surface area contributed by atoms with Crippen LogP contribution in [0.15, 0.2) is 48.5 Å². The summed E-state index contributed by atoms with van der Waals surface area (Å²) in [4.78, 5) is 39.7. The molecule has 8 heteroatoms. The molecule has 0 radical (unpaired) electrons. The van der Waals surface area contributed by atoms with Crippen molar-refractivity contribution < 1.29 is 19.1 Å². The highest BCUT2D eigenvalue weighted by Crippen LogP contribution is 2.24. The van der Waals surface area contributed by atoms with Crippen LogP contribution in [0.1, 0.15) is 0 Å². The van der Waals surface area contributed by atoms with Crippen LogP contribution >= 0.6 is 11.6 Å². The molecular weight excluding hydrogens is 370 g/mol. The lowest BCUT2D eigenvalue weighted by Gasteiger charge is -2.33. The van der Waals surface area contributed by atoms with E-state index in [-0.39, 0.29) is 19.6 Å². The Hall–Kier alpha value is -3.06. The number of benzene rings is 2.